The molecule has 0 atom stereocenters. The average molecular weight is 358 g/mol. The molecule has 6 heteroatoms. The average Bonchev–Trinajstić information content (AvgIpc) is 2.81. The van der Waals surface area contributed by atoms with E-state index >= 15 is 0 Å². The molecule has 0 saturated carbocycles. The highest BCUT2D eigenvalue weighted by Crippen LogP contribution is 2.36. The van der Waals surface area contributed by atoms with Crippen LogP contribution in [0.2, 0.25) is 0 Å². The van der Waals surface area contributed by atoms with Crippen molar-refractivity contribution in [1.82, 2.24) is 0 Å². The van der Waals surface area contributed by atoms with Gasteiger partial charge in [0.05, 0.1) is 30.4 Å². The van der Waals surface area contributed by atoms with E-state index in [1.807, 2.05) is 12.1 Å². The zero-order valence-corrected chi connectivity index (χ0v) is 16.1. The summed E-state index contributed by atoms with van der Waals surface area (Å²) in [6.45, 7) is 8.25. The van der Waals surface area contributed by atoms with Crippen LogP contribution in [0, 0.1) is 0 Å². The van der Waals surface area contributed by atoms with Crippen LogP contribution in [0.5, 0.6) is 0 Å². The van der Waals surface area contributed by atoms with Gasteiger partial charge in [-0.2, -0.15) is 4.33 Å². The lowest BCUT2D eigenvalue weighted by atomic mass is 9.78. The monoisotopic (exact) mass is 358 g/mol. The van der Waals surface area contributed by atoms with Gasteiger partial charge in [-0.15, -0.1) is 0 Å². The van der Waals surface area contributed by atoms with Gasteiger partial charge in [0.2, 0.25) is 0 Å². The summed E-state index contributed by atoms with van der Waals surface area (Å²) < 4.78 is 17.1. The highest BCUT2D eigenvalue weighted by Gasteiger charge is 2.51. The van der Waals surface area contributed by atoms with Crippen molar-refractivity contribution in [2.75, 3.05) is 7.11 Å². The molecular formula is C19H23BO4S. The molecule has 4 nitrogen and oxygen atoms in total. The highest BCUT2D eigenvalue weighted by molar-refractivity contribution is 7.94. The summed E-state index contributed by atoms with van der Waals surface area (Å²) in [7, 11) is 1.16. The van der Waals surface area contributed by atoms with Crippen molar-refractivity contribution in [1.29, 1.82) is 0 Å². The summed E-state index contributed by atoms with van der Waals surface area (Å²) in [5, 5.41) is 0. The van der Waals surface area contributed by atoms with E-state index in [-0.39, 0.29) is 18.3 Å². The summed E-state index contributed by atoms with van der Waals surface area (Å²) >= 11 is 1.19. The molecule has 1 aliphatic rings. The van der Waals surface area contributed by atoms with Crippen LogP contribution in [0.15, 0.2) is 53.4 Å². The third-order valence-electron chi connectivity index (χ3n) is 4.82. The van der Waals surface area contributed by atoms with E-state index in [0.717, 1.165) is 21.5 Å². The molecule has 0 aliphatic carbocycles. The SMILES string of the molecule is COOSc1ccc(-c2ccc(B3OC(C)(C)C(C)(C)O3)cc2)cc1. The number of benzene rings is 2. The second-order valence-electron chi connectivity index (χ2n) is 7.05. The van der Waals surface area contributed by atoms with Crippen LogP contribution in [0.4, 0.5) is 0 Å². The molecule has 1 saturated heterocycles. The second-order valence-corrected chi connectivity index (χ2v) is 7.83. The van der Waals surface area contributed by atoms with E-state index in [9.17, 15) is 0 Å². The molecule has 0 aromatic heterocycles. The largest absolute Gasteiger partial charge is 0.494 e. The fourth-order valence-corrected chi connectivity index (χ4v) is 2.98. The van der Waals surface area contributed by atoms with Crippen LogP contribution in [-0.4, -0.2) is 25.4 Å². The molecule has 0 radical (unpaired) electrons. The summed E-state index contributed by atoms with van der Waals surface area (Å²) in [5.74, 6) is 0. The zero-order valence-electron chi connectivity index (χ0n) is 15.2. The molecule has 1 fully saturated rings. The van der Waals surface area contributed by atoms with Crippen molar-refractivity contribution in [3.05, 3.63) is 48.5 Å². The third-order valence-corrected chi connectivity index (χ3v) is 5.49. The Morgan fingerprint density at radius 1 is 0.800 bits per heavy atom. The van der Waals surface area contributed by atoms with E-state index in [4.69, 9.17) is 13.6 Å². The number of hydrogen-bond acceptors (Lipinski definition) is 5. The first-order valence-corrected chi connectivity index (χ1v) is 9.00. The Balaban J connectivity index is 1.73. The topological polar surface area (TPSA) is 36.9 Å². The Morgan fingerprint density at radius 3 is 1.76 bits per heavy atom. The maximum atomic E-state index is 6.10. The molecule has 1 heterocycles. The van der Waals surface area contributed by atoms with Gasteiger partial charge < -0.3 is 9.31 Å². The Labute approximate surface area is 154 Å². The first kappa shape index (κ1) is 18.5. The van der Waals surface area contributed by atoms with E-state index < -0.39 is 0 Å². The molecule has 0 spiro atoms. The van der Waals surface area contributed by atoms with Crippen LogP contribution in [0.1, 0.15) is 27.7 Å². The van der Waals surface area contributed by atoms with Gasteiger partial charge in [0.15, 0.2) is 0 Å². The molecule has 0 bridgehead atoms. The molecule has 0 N–H and O–H groups in total. The lowest BCUT2D eigenvalue weighted by Crippen LogP contribution is -2.41. The van der Waals surface area contributed by atoms with Crippen LogP contribution in [0.3, 0.4) is 0 Å². The van der Waals surface area contributed by atoms with Crippen LogP contribution >= 0.6 is 12.0 Å². The molecule has 132 valence electrons. The van der Waals surface area contributed by atoms with Crippen LogP contribution in [-0.2, 0) is 18.5 Å². The summed E-state index contributed by atoms with van der Waals surface area (Å²) in [4.78, 5) is 5.58. The highest BCUT2D eigenvalue weighted by atomic mass is 32.2. The van der Waals surface area contributed by atoms with Gasteiger partial charge >= 0.3 is 7.12 Å². The summed E-state index contributed by atoms with van der Waals surface area (Å²) in [6, 6.07) is 16.4. The van der Waals surface area contributed by atoms with Crippen molar-refractivity contribution >= 4 is 24.6 Å². The maximum absolute atomic E-state index is 6.10. The van der Waals surface area contributed by atoms with Crippen LogP contribution in [0.25, 0.3) is 11.1 Å². The fourth-order valence-electron chi connectivity index (χ4n) is 2.59. The first-order valence-electron chi connectivity index (χ1n) is 8.26. The van der Waals surface area contributed by atoms with Gasteiger partial charge in [-0.05, 0) is 56.4 Å². The molecule has 0 amide bonds. The second kappa shape index (κ2) is 7.13. The Kier molecular flexibility index (Phi) is 5.27. The Bertz CT molecular complexity index is 697. The minimum Gasteiger partial charge on any atom is -0.399 e. The summed E-state index contributed by atoms with van der Waals surface area (Å²) in [5.41, 5.74) is 2.66. The molecule has 2 aromatic rings. The first-order chi connectivity index (χ1) is 11.8. The molecule has 3 rings (SSSR count). The quantitative estimate of drug-likeness (QED) is 0.346. The minimum atomic E-state index is -0.330. The smallest absolute Gasteiger partial charge is 0.399 e. The van der Waals surface area contributed by atoms with E-state index in [1.165, 1.54) is 19.2 Å². The van der Waals surface area contributed by atoms with Crippen molar-refractivity contribution < 1.29 is 18.5 Å². The Morgan fingerprint density at radius 2 is 1.28 bits per heavy atom. The number of rotatable bonds is 5. The van der Waals surface area contributed by atoms with Crippen molar-refractivity contribution in [2.24, 2.45) is 0 Å². The zero-order chi connectivity index (χ0) is 18.1. The van der Waals surface area contributed by atoms with E-state index in [0.29, 0.717) is 0 Å². The molecule has 25 heavy (non-hydrogen) atoms. The van der Waals surface area contributed by atoms with E-state index in [1.54, 1.807) is 0 Å². The predicted octanol–water partition coefficient (Wildman–Crippen LogP) is 4.24. The standard InChI is InChI=1S/C19H23BO4S/c1-18(2)19(3,4)23-20(22-18)16-10-6-14(7-11-16)15-8-12-17(13-9-15)25-24-21-5/h6-13H,1-5H3. The normalized spacial score (nSPS) is 18.5. The van der Waals surface area contributed by atoms with E-state index in [2.05, 4.69) is 69.0 Å². The molecule has 1 aliphatic heterocycles. The lowest BCUT2D eigenvalue weighted by molar-refractivity contribution is -0.160. The van der Waals surface area contributed by atoms with Gasteiger partial charge in [0.25, 0.3) is 0 Å². The van der Waals surface area contributed by atoms with Gasteiger partial charge in [0, 0.05) is 4.90 Å². The molecular weight excluding hydrogens is 335 g/mol. The van der Waals surface area contributed by atoms with Gasteiger partial charge in [-0.1, -0.05) is 36.4 Å². The third kappa shape index (κ3) is 3.94. The fraction of sp³-hybridized carbons (Fsp3) is 0.368. The predicted molar refractivity (Wildman–Crippen MR) is 102 cm³/mol. The van der Waals surface area contributed by atoms with Crippen molar-refractivity contribution in [3.63, 3.8) is 0 Å². The van der Waals surface area contributed by atoms with Crippen LogP contribution < -0.4 is 5.46 Å². The van der Waals surface area contributed by atoms with Gasteiger partial charge in [-0.25, -0.2) is 4.89 Å². The van der Waals surface area contributed by atoms with Crippen molar-refractivity contribution in [3.8, 4) is 11.1 Å². The summed E-state index contributed by atoms with van der Waals surface area (Å²) in [6.07, 6.45) is 0. The number of hydrogen-bond donors (Lipinski definition) is 0. The Hall–Kier alpha value is -1.31. The lowest BCUT2D eigenvalue weighted by Gasteiger charge is -2.32. The van der Waals surface area contributed by atoms with Crippen molar-refractivity contribution in [2.45, 2.75) is 43.8 Å². The molecule has 2 aromatic carbocycles. The van der Waals surface area contributed by atoms with Gasteiger partial charge in [-0.3, -0.25) is 0 Å². The minimum absolute atomic E-state index is 0.325. The molecule has 0 unspecified atom stereocenters. The maximum Gasteiger partial charge on any atom is 0.494 e. The van der Waals surface area contributed by atoms with Gasteiger partial charge in [0.1, 0.15) is 0 Å².